The van der Waals surface area contributed by atoms with Crippen molar-refractivity contribution < 1.29 is 19.5 Å². The summed E-state index contributed by atoms with van der Waals surface area (Å²) >= 11 is 0. The zero-order chi connectivity index (χ0) is 14.3. The van der Waals surface area contributed by atoms with Crippen molar-refractivity contribution in [1.82, 2.24) is 31.3 Å². The number of hydrogen-bond donors (Lipinski definition) is 5. The fourth-order valence-corrected chi connectivity index (χ4v) is 1.17. The van der Waals surface area contributed by atoms with Crippen LogP contribution in [0.3, 0.4) is 0 Å². The topological polar surface area (TPSA) is 176 Å². The number of aromatic nitrogens is 4. The minimum Gasteiger partial charge on any atom is -0.480 e. The predicted molar refractivity (Wildman–Crippen MR) is 59.4 cm³/mol. The molecule has 0 aromatic carbocycles. The summed E-state index contributed by atoms with van der Waals surface area (Å²) in [6, 6.07) is -1.92. The molecule has 0 saturated carbocycles. The van der Waals surface area contributed by atoms with E-state index in [1.165, 1.54) is 0 Å². The van der Waals surface area contributed by atoms with Crippen LogP contribution < -0.4 is 16.4 Å². The van der Waals surface area contributed by atoms with Gasteiger partial charge in [0.1, 0.15) is 6.04 Å². The number of rotatable bonds is 7. The Labute approximate surface area is 106 Å². The van der Waals surface area contributed by atoms with Crippen LogP contribution in [0.4, 0.5) is 4.79 Å². The Morgan fingerprint density at radius 1 is 1.42 bits per heavy atom. The average Bonchev–Trinajstić information content (AvgIpc) is 2.84. The molecule has 1 heterocycles. The number of tetrazole rings is 1. The van der Waals surface area contributed by atoms with E-state index in [0.717, 1.165) is 0 Å². The molecular formula is C8H13N7O4. The highest BCUT2D eigenvalue weighted by atomic mass is 16.4. The third kappa shape index (κ3) is 5.43. The highest BCUT2D eigenvalue weighted by Gasteiger charge is 2.20. The molecule has 0 aliphatic carbocycles. The number of primary amides is 1. The minimum absolute atomic E-state index is 0.00943. The van der Waals surface area contributed by atoms with Crippen LogP contribution in [0.1, 0.15) is 18.7 Å². The summed E-state index contributed by atoms with van der Waals surface area (Å²) < 4.78 is 0. The van der Waals surface area contributed by atoms with Crippen LogP contribution in [-0.2, 0) is 16.1 Å². The maximum absolute atomic E-state index is 11.4. The largest absolute Gasteiger partial charge is 0.480 e. The second kappa shape index (κ2) is 6.88. The molecule has 0 radical (unpaired) electrons. The molecule has 0 fully saturated rings. The number of carbonyl (C=O) groups is 3. The molecule has 0 aliphatic heterocycles. The van der Waals surface area contributed by atoms with Gasteiger partial charge in [0.15, 0.2) is 5.82 Å². The van der Waals surface area contributed by atoms with Gasteiger partial charge in [0.2, 0.25) is 5.91 Å². The quantitative estimate of drug-likeness (QED) is 0.370. The number of aromatic amines is 1. The smallest absolute Gasteiger partial charge is 0.326 e. The second-order valence-electron chi connectivity index (χ2n) is 3.55. The average molecular weight is 271 g/mol. The molecule has 0 unspecified atom stereocenters. The van der Waals surface area contributed by atoms with Gasteiger partial charge in [-0.15, -0.1) is 10.2 Å². The van der Waals surface area contributed by atoms with Crippen molar-refractivity contribution in [2.24, 2.45) is 5.73 Å². The Morgan fingerprint density at radius 3 is 2.68 bits per heavy atom. The van der Waals surface area contributed by atoms with Crippen molar-refractivity contribution in [3.8, 4) is 0 Å². The summed E-state index contributed by atoms with van der Waals surface area (Å²) in [5.74, 6) is -1.64. The molecule has 0 bridgehead atoms. The van der Waals surface area contributed by atoms with Gasteiger partial charge in [0.05, 0.1) is 6.54 Å². The molecule has 19 heavy (non-hydrogen) atoms. The van der Waals surface area contributed by atoms with Gasteiger partial charge in [-0.3, -0.25) is 4.79 Å². The Bertz CT molecular complexity index is 446. The lowest BCUT2D eigenvalue weighted by Gasteiger charge is -2.13. The zero-order valence-electron chi connectivity index (χ0n) is 9.79. The van der Waals surface area contributed by atoms with Crippen LogP contribution in [0.25, 0.3) is 0 Å². The molecule has 0 saturated heterocycles. The first-order valence-corrected chi connectivity index (χ1v) is 5.27. The molecule has 11 heteroatoms. The highest BCUT2D eigenvalue weighted by Crippen LogP contribution is 1.97. The molecular weight excluding hydrogens is 258 g/mol. The maximum atomic E-state index is 11.4. The first kappa shape index (κ1) is 14.3. The number of nitrogens with one attached hydrogen (secondary N) is 3. The summed E-state index contributed by atoms with van der Waals surface area (Å²) in [5.41, 5.74) is 4.91. The fourth-order valence-electron chi connectivity index (χ4n) is 1.17. The molecule has 0 spiro atoms. The van der Waals surface area contributed by atoms with E-state index in [0.29, 0.717) is 0 Å². The monoisotopic (exact) mass is 271 g/mol. The van der Waals surface area contributed by atoms with Crippen LogP contribution in [0.5, 0.6) is 0 Å². The molecule has 6 N–H and O–H groups in total. The van der Waals surface area contributed by atoms with E-state index in [1.807, 2.05) is 0 Å². The molecule has 1 rings (SSSR count). The first-order chi connectivity index (χ1) is 8.99. The molecule has 1 aromatic rings. The predicted octanol–water partition coefficient (Wildman–Crippen LogP) is -2.28. The third-order valence-corrected chi connectivity index (χ3v) is 2.08. The van der Waals surface area contributed by atoms with E-state index in [1.54, 1.807) is 0 Å². The summed E-state index contributed by atoms with van der Waals surface area (Å²) in [6.07, 6.45) is -0.220. The third-order valence-electron chi connectivity index (χ3n) is 2.08. The highest BCUT2D eigenvalue weighted by molar-refractivity contribution is 5.83. The van der Waals surface area contributed by atoms with Gasteiger partial charge in [0.25, 0.3) is 0 Å². The molecule has 1 atom stereocenters. The SMILES string of the molecule is NC(=O)CC[C@H](NC(=O)NCc1nn[nH]n1)C(=O)O. The Balaban J connectivity index is 2.38. The van der Waals surface area contributed by atoms with Crippen LogP contribution in [-0.4, -0.2) is 49.7 Å². The van der Waals surface area contributed by atoms with Crippen molar-refractivity contribution in [2.75, 3.05) is 0 Å². The van der Waals surface area contributed by atoms with Crippen LogP contribution in [0.15, 0.2) is 0 Å². The van der Waals surface area contributed by atoms with Gasteiger partial charge in [-0.05, 0) is 6.42 Å². The van der Waals surface area contributed by atoms with E-state index < -0.39 is 23.9 Å². The Morgan fingerprint density at radius 2 is 2.16 bits per heavy atom. The zero-order valence-corrected chi connectivity index (χ0v) is 9.79. The number of urea groups is 1. The number of H-pyrrole nitrogens is 1. The lowest BCUT2D eigenvalue weighted by molar-refractivity contribution is -0.139. The summed E-state index contributed by atoms with van der Waals surface area (Å²) in [6.45, 7) is -0.00943. The van der Waals surface area contributed by atoms with Crippen molar-refractivity contribution in [1.29, 1.82) is 0 Å². The Hall–Kier alpha value is -2.72. The first-order valence-electron chi connectivity index (χ1n) is 5.27. The van der Waals surface area contributed by atoms with Crippen LogP contribution in [0, 0.1) is 0 Å². The number of nitrogens with two attached hydrogens (primary N) is 1. The van der Waals surface area contributed by atoms with E-state index in [-0.39, 0.29) is 25.2 Å². The van der Waals surface area contributed by atoms with Crippen molar-refractivity contribution in [3.63, 3.8) is 0 Å². The number of amides is 3. The number of aliphatic carboxylic acids is 1. The summed E-state index contributed by atoms with van der Waals surface area (Å²) in [7, 11) is 0. The molecule has 104 valence electrons. The molecule has 3 amide bonds. The van der Waals surface area contributed by atoms with Crippen molar-refractivity contribution in [3.05, 3.63) is 5.82 Å². The number of nitrogens with zero attached hydrogens (tertiary/aromatic N) is 3. The van der Waals surface area contributed by atoms with Gasteiger partial charge in [-0.1, -0.05) is 5.21 Å². The summed E-state index contributed by atoms with van der Waals surface area (Å²) in [4.78, 5) is 32.8. The molecule has 0 aliphatic rings. The number of hydrogen-bond acceptors (Lipinski definition) is 6. The number of carboxylic acid groups (broad SMARTS) is 1. The van der Waals surface area contributed by atoms with Crippen molar-refractivity contribution >= 4 is 17.9 Å². The van der Waals surface area contributed by atoms with Gasteiger partial charge in [-0.2, -0.15) is 5.21 Å². The Kier molecular flexibility index (Phi) is 5.19. The maximum Gasteiger partial charge on any atom is 0.326 e. The fraction of sp³-hybridized carbons (Fsp3) is 0.500. The second-order valence-corrected chi connectivity index (χ2v) is 3.55. The van der Waals surface area contributed by atoms with Crippen LogP contribution in [0.2, 0.25) is 0 Å². The van der Waals surface area contributed by atoms with Crippen LogP contribution >= 0.6 is 0 Å². The number of carbonyl (C=O) groups excluding carboxylic acids is 2. The van der Waals surface area contributed by atoms with E-state index in [9.17, 15) is 14.4 Å². The molecule has 1 aromatic heterocycles. The lowest BCUT2D eigenvalue weighted by atomic mass is 10.1. The van der Waals surface area contributed by atoms with Gasteiger partial charge < -0.3 is 21.5 Å². The minimum atomic E-state index is -1.25. The van der Waals surface area contributed by atoms with Gasteiger partial charge in [0, 0.05) is 6.42 Å². The number of carboxylic acids is 1. The van der Waals surface area contributed by atoms with E-state index in [2.05, 4.69) is 31.3 Å². The standard InChI is InChI=1S/C8H13N7O4/c9-5(16)2-1-4(7(17)18)11-8(19)10-3-6-12-14-15-13-6/h4H,1-3H2,(H2,9,16)(H,17,18)(H2,10,11,19)(H,12,13,14,15)/t4-/m0/s1. The van der Waals surface area contributed by atoms with E-state index in [4.69, 9.17) is 10.8 Å². The normalized spacial score (nSPS) is 11.6. The van der Waals surface area contributed by atoms with E-state index >= 15 is 0 Å². The summed E-state index contributed by atoms with van der Waals surface area (Å²) in [5, 5.41) is 26.1. The molecule has 11 nitrogen and oxygen atoms in total. The van der Waals surface area contributed by atoms with Crippen molar-refractivity contribution in [2.45, 2.75) is 25.4 Å². The van der Waals surface area contributed by atoms with Gasteiger partial charge >= 0.3 is 12.0 Å². The lowest BCUT2D eigenvalue weighted by Crippen LogP contribution is -2.46. The van der Waals surface area contributed by atoms with Gasteiger partial charge in [-0.25, -0.2) is 9.59 Å².